The average Bonchev–Trinajstić information content (AvgIpc) is 2.86. The first-order chi connectivity index (χ1) is 8.72. The molecule has 1 aromatic carbocycles. The lowest BCUT2D eigenvalue weighted by Crippen LogP contribution is -2.19. The molecule has 0 radical (unpaired) electrons. The topological polar surface area (TPSA) is 38.1 Å². The maximum atomic E-state index is 13.6. The second-order valence-electron chi connectivity index (χ2n) is 4.22. The smallest absolute Gasteiger partial charge is 0.211 e. The van der Waals surface area contributed by atoms with E-state index in [1.54, 1.807) is 24.4 Å². The van der Waals surface area contributed by atoms with E-state index in [-0.39, 0.29) is 11.9 Å². The molecule has 1 aromatic heterocycles. The third kappa shape index (κ3) is 2.76. The van der Waals surface area contributed by atoms with E-state index in [0.717, 1.165) is 13.0 Å². The predicted molar refractivity (Wildman–Crippen MR) is 68.6 cm³/mol. The molecule has 0 aliphatic carbocycles. The van der Waals surface area contributed by atoms with Crippen molar-refractivity contribution in [2.75, 3.05) is 6.54 Å². The standard InChI is InChI=1S/C14H17FN2O/c1-3-8-16-10(2)14-17-9-13(18-14)11-6-4-5-7-12(11)15/h4-7,9-10,16H,3,8H2,1-2H3. The summed E-state index contributed by atoms with van der Waals surface area (Å²) in [6, 6.07) is 6.56. The first-order valence-electron chi connectivity index (χ1n) is 6.16. The van der Waals surface area contributed by atoms with E-state index in [1.165, 1.54) is 6.07 Å². The minimum atomic E-state index is -0.297. The van der Waals surface area contributed by atoms with Gasteiger partial charge in [-0.2, -0.15) is 0 Å². The zero-order valence-corrected chi connectivity index (χ0v) is 10.6. The molecule has 0 fully saturated rings. The number of hydrogen-bond acceptors (Lipinski definition) is 3. The van der Waals surface area contributed by atoms with Gasteiger partial charge in [0.15, 0.2) is 5.76 Å². The maximum Gasteiger partial charge on any atom is 0.211 e. The molecule has 2 rings (SSSR count). The van der Waals surface area contributed by atoms with Crippen LogP contribution in [0.5, 0.6) is 0 Å². The van der Waals surface area contributed by atoms with Gasteiger partial charge < -0.3 is 9.73 Å². The summed E-state index contributed by atoms with van der Waals surface area (Å²) in [4.78, 5) is 4.19. The number of hydrogen-bond donors (Lipinski definition) is 1. The fourth-order valence-corrected chi connectivity index (χ4v) is 1.72. The van der Waals surface area contributed by atoms with Crippen LogP contribution in [-0.2, 0) is 0 Å². The number of nitrogens with zero attached hydrogens (tertiary/aromatic N) is 1. The van der Waals surface area contributed by atoms with Gasteiger partial charge >= 0.3 is 0 Å². The Labute approximate surface area is 106 Å². The summed E-state index contributed by atoms with van der Waals surface area (Å²) in [7, 11) is 0. The van der Waals surface area contributed by atoms with Gasteiger partial charge in [0.05, 0.1) is 17.8 Å². The minimum absolute atomic E-state index is 0.0328. The molecule has 18 heavy (non-hydrogen) atoms. The van der Waals surface area contributed by atoms with Crippen LogP contribution in [0.3, 0.4) is 0 Å². The van der Waals surface area contributed by atoms with Crippen LogP contribution < -0.4 is 5.32 Å². The molecule has 0 amide bonds. The molecule has 1 heterocycles. The van der Waals surface area contributed by atoms with Crippen LogP contribution in [0.1, 0.15) is 32.2 Å². The molecule has 0 saturated carbocycles. The number of oxazole rings is 1. The van der Waals surface area contributed by atoms with Crippen LogP contribution >= 0.6 is 0 Å². The lowest BCUT2D eigenvalue weighted by Gasteiger charge is -2.08. The monoisotopic (exact) mass is 248 g/mol. The van der Waals surface area contributed by atoms with E-state index in [2.05, 4.69) is 17.2 Å². The fourth-order valence-electron chi connectivity index (χ4n) is 1.72. The summed E-state index contributed by atoms with van der Waals surface area (Å²) in [6.45, 7) is 4.98. The number of nitrogens with one attached hydrogen (secondary N) is 1. The summed E-state index contributed by atoms with van der Waals surface area (Å²) >= 11 is 0. The molecule has 2 aromatic rings. The highest BCUT2D eigenvalue weighted by Crippen LogP contribution is 2.25. The highest BCUT2D eigenvalue weighted by atomic mass is 19.1. The Hall–Kier alpha value is -1.68. The van der Waals surface area contributed by atoms with Crippen molar-refractivity contribution >= 4 is 0 Å². The van der Waals surface area contributed by atoms with E-state index in [1.807, 2.05) is 6.92 Å². The Kier molecular flexibility index (Phi) is 4.10. The molecular weight excluding hydrogens is 231 g/mol. The SMILES string of the molecule is CCCNC(C)c1ncc(-c2ccccc2F)o1. The van der Waals surface area contributed by atoms with Gasteiger partial charge in [0.25, 0.3) is 0 Å². The van der Waals surface area contributed by atoms with Crippen molar-refractivity contribution in [1.29, 1.82) is 0 Å². The molecular formula is C14H17FN2O. The average molecular weight is 248 g/mol. The van der Waals surface area contributed by atoms with Crippen molar-refractivity contribution in [3.63, 3.8) is 0 Å². The van der Waals surface area contributed by atoms with Crippen molar-refractivity contribution in [2.24, 2.45) is 0 Å². The third-order valence-electron chi connectivity index (χ3n) is 2.73. The Morgan fingerprint density at radius 2 is 2.17 bits per heavy atom. The first kappa shape index (κ1) is 12.8. The zero-order chi connectivity index (χ0) is 13.0. The molecule has 3 nitrogen and oxygen atoms in total. The fraction of sp³-hybridized carbons (Fsp3) is 0.357. The summed E-state index contributed by atoms with van der Waals surface area (Å²) in [5, 5.41) is 3.28. The second-order valence-corrected chi connectivity index (χ2v) is 4.22. The van der Waals surface area contributed by atoms with E-state index >= 15 is 0 Å². The largest absolute Gasteiger partial charge is 0.439 e. The molecule has 1 unspecified atom stereocenters. The summed E-state index contributed by atoms with van der Waals surface area (Å²) in [5.41, 5.74) is 0.443. The number of benzene rings is 1. The van der Waals surface area contributed by atoms with Crippen molar-refractivity contribution in [3.05, 3.63) is 42.2 Å². The lowest BCUT2D eigenvalue weighted by atomic mass is 10.2. The van der Waals surface area contributed by atoms with Gasteiger partial charge in [-0.3, -0.25) is 0 Å². The highest BCUT2D eigenvalue weighted by Gasteiger charge is 2.14. The van der Waals surface area contributed by atoms with Crippen molar-refractivity contribution in [1.82, 2.24) is 10.3 Å². The van der Waals surface area contributed by atoms with Gasteiger partial charge in [-0.05, 0) is 32.0 Å². The van der Waals surface area contributed by atoms with Crippen molar-refractivity contribution < 1.29 is 8.81 Å². The molecule has 1 atom stereocenters. The Morgan fingerprint density at radius 3 is 2.89 bits per heavy atom. The van der Waals surface area contributed by atoms with E-state index in [4.69, 9.17) is 4.42 Å². The number of aromatic nitrogens is 1. The predicted octanol–water partition coefficient (Wildman–Crippen LogP) is 3.54. The number of rotatable bonds is 5. The van der Waals surface area contributed by atoms with E-state index in [9.17, 15) is 4.39 Å². The first-order valence-corrected chi connectivity index (χ1v) is 6.16. The van der Waals surface area contributed by atoms with Gasteiger partial charge in [-0.15, -0.1) is 0 Å². The molecule has 0 saturated heterocycles. The molecule has 0 aliphatic heterocycles. The van der Waals surface area contributed by atoms with Gasteiger partial charge in [0.1, 0.15) is 5.82 Å². The minimum Gasteiger partial charge on any atom is -0.439 e. The van der Waals surface area contributed by atoms with Crippen LogP contribution in [0.15, 0.2) is 34.9 Å². The molecule has 4 heteroatoms. The van der Waals surface area contributed by atoms with Crippen LogP contribution in [-0.4, -0.2) is 11.5 Å². The molecule has 1 N–H and O–H groups in total. The molecule has 0 spiro atoms. The van der Waals surface area contributed by atoms with Gasteiger partial charge in [-0.25, -0.2) is 9.37 Å². The normalized spacial score (nSPS) is 12.6. The Bertz CT molecular complexity index is 510. The third-order valence-corrected chi connectivity index (χ3v) is 2.73. The van der Waals surface area contributed by atoms with Crippen molar-refractivity contribution in [3.8, 4) is 11.3 Å². The Morgan fingerprint density at radius 1 is 1.39 bits per heavy atom. The van der Waals surface area contributed by atoms with E-state index in [0.29, 0.717) is 17.2 Å². The zero-order valence-electron chi connectivity index (χ0n) is 10.6. The number of halogens is 1. The lowest BCUT2D eigenvalue weighted by molar-refractivity contribution is 0.422. The van der Waals surface area contributed by atoms with Crippen LogP contribution in [0.2, 0.25) is 0 Å². The summed E-state index contributed by atoms with van der Waals surface area (Å²) in [6.07, 6.45) is 2.61. The van der Waals surface area contributed by atoms with Crippen LogP contribution in [0.25, 0.3) is 11.3 Å². The van der Waals surface area contributed by atoms with Crippen molar-refractivity contribution in [2.45, 2.75) is 26.3 Å². The maximum absolute atomic E-state index is 13.6. The van der Waals surface area contributed by atoms with Gasteiger partial charge in [0.2, 0.25) is 5.89 Å². The molecule has 0 aliphatic rings. The quantitative estimate of drug-likeness (QED) is 0.879. The molecule has 96 valence electrons. The Balaban J connectivity index is 2.18. The van der Waals surface area contributed by atoms with E-state index < -0.39 is 0 Å². The van der Waals surface area contributed by atoms with Gasteiger partial charge in [0, 0.05) is 0 Å². The van der Waals surface area contributed by atoms with Crippen LogP contribution in [0.4, 0.5) is 4.39 Å². The summed E-state index contributed by atoms with van der Waals surface area (Å²) < 4.78 is 19.2. The van der Waals surface area contributed by atoms with Gasteiger partial charge in [-0.1, -0.05) is 19.1 Å². The second kappa shape index (κ2) is 5.78. The highest BCUT2D eigenvalue weighted by molar-refractivity contribution is 5.56. The van der Waals surface area contributed by atoms with Crippen LogP contribution in [0, 0.1) is 5.82 Å². The summed E-state index contributed by atoms with van der Waals surface area (Å²) in [5.74, 6) is 0.754. The molecule has 0 bridgehead atoms.